The van der Waals surface area contributed by atoms with Crippen LogP contribution in [0, 0.1) is 10.8 Å². The number of hydrogen-bond acceptors (Lipinski definition) is 3. The maximum Gasteiger partial charge on any atom is 0.361 e. The van der Waals surface area contributed by atoms with E-state index in [1.165, 1.54) is 0 Å². The van der Waals surface area contributed by atoms with Gasteiger partial charge in [-0.2, -0.15) is 0 Å². The van der Waals surface area contributed by atoms with Crippen LogP contribution in [0.25, 0.3) is 0 Å². The summed E-state index contributed by atoms with van der Waals surface area (Å²) in [6.07, 6.45) is 0.330. The van der Waals surface area contributed by atoms with E-state index in [-0.39, 0.29) is 23.0 Å². The van der Waals surface area contributed by atoms with E-state index in [2.05, 4.69) is 41.5 Å². The van der Waals surface area contributed by atoms with Gasteiger partial charge in [0.15, 0.2) is 0 Å². The van der Waals surface area contributed by atoms with Crippen molar-refractivity contribution in [2.45, 2.75) is 72.9 Å². The van der Waals surface area contributed by atoms with E-state index in [0.717, 1.165) is 12.8 Å². The summed E-state index contributed by atoms with van der Waals surface area (Å²) in [5.41, 5.74) is 0.0428. The summed E-state index contributed by atoms with van der Waals surface area (Å²) >= 11 is 0. The molecule has 1 heterocycles. The lowest BCUT2D eigenvalue weighted by atomic mass is 9.81. The molecule has 0 spiro atoms. The lowest BCUT2D eigenvalue weighted by Gasteiger charge is -2.41. The fourth-order valence-corrected chi connectivity index (χ4v) is 2.19. The zero-order valence-electron chi connectivity index (χ0n) is 12.3. The van der Waals surface area contributed by atoms with Crippen LogP contribution < -0.4 is 0 Å². The van der Waals surface area contributed by atoms with E-state index in [9.17, 15) is 4.79 Å². The van der Waals surface area contributed by atoms with Crippen LogP contribution in [0.4, 0.5) is 0 Å². The first-order chi connectivity index (χ1) is 7.99. The number of carboxylic acid groups (broad SMARTS) is 1. The molecule has 0 aromatic rings. The Kier molecular flexibility index (Phi) is 4.44. The first kappa shape index (κ1) is 15.4. The van der Waals surface area contributed by atoms with Crippen LogP contribution in [0.2, 0.25) is 0 Å². The van der Waals surface area contributed by atoms with Gasteiger partial charge in [-0.25, -0.2) is 4.79 Å². The highest BCUT2D eigenvalue weighted by molar-refractivity contribution is 5.70. The molecule has 0 aliphatic carbocycles. The van der Waals surface area contributed by atoms with Crippen LogP contribution in [0.15, 0.2) is 0 Å². The Morgan fingerprint density at radius 1 is 1.17 bits per heavy atom. The molecule has 0 radical (unpaired) electrons. The number of ether oxygens (including phenoxy) is 2. The largest absolute Gasteiger partial charge is 0.477 e. The van der Waals surface area contributed by atoms with Crippen LogP contribution in [-0.2, 0) is 14.3 Å². The molecule has 1 fully saturated rings. The third-order valence-corrected chi connectivity index (χ3v) is 3.09. The minimum atomic E-state index is -1.13. The lowest BCUT2D eigenvalue weighted by molar-refractivity contribution is -0.264. The Morgan fingerprint density at radius 2 is 1.72 bits per heavy atom. The molecule has 0 amide bonds. The van der Waals surface area contributed by atoms with Gasteiger partial charge in [0.1, 0.15) is 0 Å². The van der Waals surface area contributed by atoms with E-state index in [1.54, 1.807) is 0 Å². The molecular formula is C14H26O4. The van der Waals surface area contributed by atoms with Gasteiger partial charge < -0.3 is 14.6 Å². The number of aliphatic carboxylic acids is 1. The second kappa shape index (κ2) is 5.17. The van der Waals surface area contributed by atoms with Crippen LogP contribution >= 0.6 is 0 Å². The van der Waals surface area contributed by atoms with Crippen LogP contribution in [0.3, 0.4) is 0 Å². The average Bonchev–Trinajstić information content (AvgIpc) is 2.12. The molecule has 4 heteroatoms. The highest BCUT2D eigenvalue weighted by Crippen LogP contribution is 2.35. The van der Waals surface area contributed by atoms with Crippen LogP contribution in [-0.4, -0.2) is 29.6 Å². The second-order valence-electron chi connectivity index (χ2n) is 7.42. The highest BCUT2D eigenvalue weighted by Gasteiger charge is 2.40. The van der Waals surface area contributed by atoms with Crippen molar-refractivity contribution in [3.63, 3.8) is 0 Å². The molecule has 18 heavy (non-hydrogen) atoms. The Balaban J connectivity index is 2.78. The van der Waals surface area contributed by atoms with Crippen molar-refractivity contribution in [2.75, 3.05) is 0 Å². The third kappa shape index (κ3) is 4.58. The zero-order valence-corrected chi connectivity index (χ0v) is 12.3. The van der Waals surface area contributed by atoms with Crippen molar-refractivity contribution in [1.82, 2.24) is 0 Å². The first-order valence-electron chi connectivity index (χ1n) is 6.53. The summed E-state index contributed by atoms with van der Waals surface area (Å²) in [7, 11) is 0. The topological polar surface area (TPSA) is 55.8 Å². The van der Waals surface area contributed by atoms with Gasteiger partial charge in [0.25, 0.3) is 6.29 Å². The standard InChI is InChI=1S/C14H26O4/c1-13(2,3)8-9-7-10(14(4,5)6)18-12(17-9)11(15)16/h9-10,12H,7-8H2,1-6H3,(H,15,16). The van der Waals surface area contributed by atoms with Gasteiger partial charge in [-0.3, -0.25) is 0 Å². The van der Waals surface area contributed by atoms with Crippen molar-refractivity contribution in [2.24, 2.45) is 10.8 Å². The smallest absolute Gasteiger partial charge is 0.361 e. The number of hydrogen-bond donors (Lipinski definition) is 1. The molecule has 1 aliphatic rings. The molecule has 106 valence electrons. The average molecular weight is 258 g/mol. The SMILES string of the molecule is CC(C)(C)CC1CC(C(C)(C)C)OC(C(=O)O)O1. The molecule has 0 saturated carbocycles. The van der Waals surface area contributed by atoms with Gasteiger partial charge in [0.2, 0.25) is 0 Å². The van der Waals surface area contributed by atoms with Gasteiger partial charge in [-0.05, 0) is 17.3 Å². The molecule has 3 unspecified atom stereocenters. The predicted molar refractivity (Wildman–Crippen MR) is 69.3 cm³/mol. The third-order valence-electron chi connectivity index (χ3n) is 3.09. The maximum absolute atomic E-state index is 11.1. The Labute approximate surface area is 110 Å². The Morgan fingerprint density at radius 3 is 2.11 bits per heavy atom. The summed E-state index contributed by atoms with van der Waals surface area (Å²) in [4.78, 5) is 11.1. The van der Waals surface area contributed by atoms with Crippen molar-refractivity contribution in [1.29, 1.82) is 0 Å². The molecule has 0 aromatic heterocycles. The molecule has 4 nitrogen and oxygen atoms in total. The molecule has 1 rings (SSSR count). The molecular weight excluding hydrogens is 232 g/mol. The van der Waals surface area contributed by atoms with Crippen molar-refractivity contribution in [3.8, 4) is 0 Å². The summed E-state index contributed by atoms with van der Waals surface area (Å²) in [5, 5.41) is 9.09. The van der Waals surface area contributed by atoms with Crippen molar-refractivity contribution < 1.29 is 19.4 Å². The molecule has 3 atom stereocenters. The zero-order chi connectivity index (χ0) is 14.1. The lowest BCUT2D eigenvalue weighted by Crippen LogP contribution is -2.47. The van der Waals surface area contributed by atoms with Gasteiger partial charge in [0, 0.05) is 6.42 Å². The monoisotopic (exact) mass is 258 g/mol. The first-order valence-corrected chi connectivity index (χ1v) is 6.53. The molecule has 1 aliphatic heterocycles. The fourth-order valence-electron chi connectivity index (χ4n) is 2.19. The van der Waals surface area contributed by atoms with Crippen molar-refractivity contribution >= 4 is 5.97 Å². The number of rotatable bonds is 2. The predicted octanol–water partition coefficient (Wildman–Crippen LogP) is 3.05. The molecule has 1 N–H and O–H groups in total. The van der Waals surface area contributed by atoms with E-state index in [4.69, 9.17) is 14.6 Å². The Hall–Kier alpha value is -0.610. The van der Waals surface area contributed by atoms with Gasteiger partial charge >= 0.3 is 5.97 Å². The summed E-state index contributed by atoms with van der Waals surface area (Å²) in [6.45, 7) is 12.6. The summed E-state index contributed by atoms with van der Waals surface area (Å²) in [5.74, 6) is -1.04. The quantitative estimate of drug-likeness (QED) is 0.827. The number of carbonyl (C=O) groups is 1. The second-order valence-corrected chi connectivity index (χ2v) is 7.42. The maximum atomic E-state index is 11.1. The number of carboxylic acids is 1. The van der Waals surface area contributed by atoms with Gasteiger partial charge in [-0.15, -0.1) is 0 Å². The molecule has 0 aromatic carbocycles. The van der Waals surface area contributed by atoms with Gasteiger partial charge in [0.05, 0.1) is 12.2 Å². The molecule has 1 saturated heterocycles. The minimum Gasteiger partial charge on any atom is -0.477 e. The highest BCUT2D eigenvalue weighted by atomic mass is 16.7. The van der Waals surface area contributed by atoms with Gasteiger partial charge in [-0.1, -0.05) is 41.5 Å². The normalized spacial score (nSPS) is 30.2. The van der Waals surface area contributed by atoms with Crippen molar-refractivity contribution in [3.05, 3.63) is 0 Å². The van der Waals surface area contributed by atoms with Crippen LogP contribution in [0.5, 0.6) is 0 Å². The summed E-state index contributed by atoms with van der Waals surface area (Å²) < 4.78 is 11.1. The Bertz CT molecular complexity index is 298. The van der Waals surface area contributed by atoms with E-state index < -0.39 is 12.3 Å². The summed E-state index contributed by atoms with van der Waals surface area (Å²) in [6, 6.07) is 0. The fraction of sp³-hybridized carbons (Fsp3) is 0.929. The molecule has 0 bridgehead atoms. The minimum absolute atomic E-state index is 0.0518. The van der Waals surface area contributed by atoms with E-state index >= 15 is 0 Å². The van der Waals surface area contributed by atoms with E-state index in [0.29, 0.717) is 0 Å². The van der Waals surface area contributed by atoms with Crippen LogP contribution in [0.1, 0.15) is 54.4 Å². The van der Waals surface area contributed by atoms with E-state index in [1.807, 2.05) is 0 Å².